The van der Waals surface area contributed by atoms with Gasteiger partial charge in [0.2, 0.25) is 6.79 Å². The van der Waals surface area contributed by atoms with Crippen LogP contribution in [0.1, 0.15) is 24.7 Å². The molecule has 0 aliphatic carbocycles. The van der Waals surface area contributed by atoms with E-state index in [0.29, 0.717) is 6.54 Å². The van der Waals surface area contributed by atoms with Crippen LogP contribution in [0, 0.1) is 0 Å². The van der Waals surface area contributed by atoms with Crippen molar-refractivity contribution in [2.45, 2.75) is 26.3 Å². The highest BCUT2D eigenvalue weighted by atomic mass is 16.7. The minimum absolute atomic E-state index is 0.270. The quantitative estimate of drug-likeness (QED) is 0.899. The molecule has 6 heteroatoms. The van der Waals surface area contributed by atoms with Crippen molar-refractivity contribution < 1.29 is 9.47 Å². The Bertz CT molecular complexity index is 594. The van der Waals surface area contributed by atoms with Gasteiger partial charge in [0, 0.05) is 12.6 Å². The van der Waals surface area contributed by atoms with E-state index in [1.165, 1.54) is 0 Å². The lowest BCUT2D eigenvalue weighted by molar-refractivity contribution is 0.174. The topological polar surface area (TPSA) is 75.2 Å². The summed E-state index contributed by atoms with van der Waals surface area (Å²) >= 11 is 0. The molecule has 0 fully saturated rings. The number of aromatic nitrogens is 3. The first kappa shape index (κ1) is 12.0. The Kier molecular flexibility index (Phi) is 3.08. The first-order chi connectivity index (χ1) is 9.33. The molecule has 1 aromatic heterocycles. The third kappa shape index (κ3) is 2.04. The third-order valence-electron chi connectivity index (χ3n) is 3.12. The number of rotatable bonds is 4. The molecule has 0 amide bonds. The molecule has 2 aromatic rings. The minimum atomic E-state index is 0.270. The molecule has 3 rings (SSSR count). The van der Waals surface area contributed by atoms with Crippen molar-refractivity contribution in [2.24, 2.45) is 5.73 Å². The molecule has 0 bridgehead atoms. The number of nitrogens with two attached hydrogens (primary N) is 1. The Labute approximate surface area is 111 Å². The highest BCUT2D eigenvalue weighted by molar-refractivity contribution is 5.50. The highest BCUT2D eigenvalue weighted by Crippen LogP contribution is 2.33. The van der Waals surface area contributed by atoms with Crippen molar-refractivity contribution in [1.82, 2.24) is 15.0 Å². The number of ether oxygens (including phenoxy) is 2. The lowest BCUT2D eigenvalue weighted by Crippen LogP contribution is -2.06. The summed E-state index contributed by atoms with van der Waals surface area (Å²) in [4.78, 5) is 0. The van der Waals surface area contributed by atoms with Gasteiger partial charge in [0.25, 0.3) is 0 Å². The summed E-state index contributed by atoms with van der Waals surface area (Å²) in [6.07, 6.45) is 1.92. The van der Waals surface area contributed by atoms with Crippen molar-refractivity contribution in [3.8, 4) is 17.2 Å². The van der Waals surface area contributed by atoms with E-state index in [-0.39, 0.29) is 6.79 Å². The normalized spacial score (nSPS) is 12.9. The fourth-order valence-electron chi connectivity index (χ4n) is 2.20. The zero-order valence-electron chi connectivity index (χ0n) is 10.8. The molecule has 19 heavy (non-hydrogen) atoms. The van der Waals surface area contributed by atoms with Gasteiger partial charge in [0.05, 0.1) is 17.1 Å². The van der Waals surface area contributed by atoms with Crippen LogP contribution >= 0.6 is 0 Å². The maximum absolute atomic E-state index is 5.70. The molecule has 1 aromatic carbocycles. The van der Waals surface area contributed by atoms with Crippen LogP contribution in [0.5, 0.6) is 11.5 Å². The summed E-state index contributed by atoms with van der Waals surface area (Å²) in [6.45, 7) is 2.79. The fourth-order valence-corrected chi connectivity index (χ4v) is 2.20. The summed E-state index contributed by atoms with van der Waals surface area (Å²) < 4.78 is 12.5. The van der Waals surface area contributed by atoms with Gasteiger partial charge in [-0.15, -0.1) is 5.10 Å². The van der Waals surface area contributed by atoms with Crippen LogP contribution in [-0.4, -0.2) is 21.8 Å². The third-order valence-corrected chi connectivity index (χ3v) is 3.12. The van der Waals surface area contributed by atoms with Crippen LogP contribution in [0.2, 0.25) is 0 Å². The number of nitrogens with zero attached hydrogens (tertiary/aromatic N) is 3. The van der Waals surface area contributed by atoms with Crippen LogP contribution < -0.4 is 15.2 Å². The Morgan fingerprint density at radius 3 is 2.95 bits per heavy atom. The molecule has 0 saturated carbocycles. The summed E-state index contributed by atoms with van der Waals surface area (Å²) in [5.74, 6) is 1.50. The predicted molar refractivity (Wildman–Crippen MR) is 69.4 cm³/mol. The van der Waals surface area contributed by atoms with Gasteiger partial charge in [-0.2, -0.15) is 0 Å². The van der Waals surface area contributed by atoms with Crippen LogP contribution in [0.3, 0.4) is 0 Å². The fraction of sp³-hybridized carbons (Fsp3) is 0.385. The van der Waals surface area contributed by atoms with Gasteiger partial charge >= 0.3 is 0 Å². The van der Waals surface area contributed by atoms with Crippen LogP contribution in [0.4, 0.5) is 0 Å². The van der Waals surface area contributed by atoms with E-state index in [2.05, 4.69) is 17.2 Å². The van der Waals surface area contributed by atoms with E-state index in [1.54, 1.807) is 0 Å². The van der Waals surface area contributed by atoms with Gasteiger partial charge in [0.1, 0.15) is 0 Å². The molecule has 0 unspecified atom stereocenters. The van der Waals surface area contributed by atoms with Crippen molar-refractivity contribution in [2.75, 3.05) is 6.79 Å². The molecule has 0 radical (unpaired) electrons. The number of hydrogen-bond acceptors (Lipinski definition) is 5. The second-order valence-corrected chi connectivity index (χ2v) is 4.39. The molecule has 100 valence electrons. The van der Waals surface area contributed by atoms with E-state index in [4.69, 9.17) is 15.2 Å². The zero-order chi connectivity index (χ0) is 13.2. The van der Waals surface area contributed by atoms with Crippen molar-refractivity contribution in [3.05, 3.63) is 29.6 Å². The van der Waals surface area contributed by atoms with Crippen molar-refractivity contribution in [1.29, 1.82) is 0 Å². The van der Waals surface area contributed by atoms with E-state index in [9.17, 15) is 0 Å². The Hall–Kier alpha value is -2.08. The van der Waals surface area contributed by atoms with Gasteiger partial charge in [0.15, 0.2) is 11.5 Å². The molecule has 1 aliphatic rings. The van der Waals surface area contributed by atoms with Gasteiger partial charge < -0.3 is 15.2 Å². The number of fused-ring (bicyclic) bond motifs is 1. The average Bonchev–Trinajstić information content (AvgIpc) is 3.04. The van der Waals surface area contributed by atoms with Crippen LogP contribution in [-0.2, 0) is 13.0 Å². The average molecular weight is 260 g/mol. The molecule has 2 heterocycles. The SMILES string of the molecule is CCCc1c(CN)nnn1-c1ccc2c(c1)OCO2. The van der Waals surface area contributed by atoms with E-state index in [0.717, 1.165) is 41.4 Å². The molecular formula is C13H16N4O2. The first-order valence-corrected chi connectivity index (χ1v) is 6.37. The standard InChI is InChI=1S/C13H16N4O2/c1-2-3-11-10(7-14)15-16-17(11)9-4-5-12-13(6-9)19-8-18-12/h4-6H,2-3,7-8,14H2,1H3. The van der Waals surface area contributed by atoms with Gasteiger partial charge in [-0.05, 0) is 18.6 Å². The molecule has 0 atom stereocenters. The molecule has 2 N–H and O–H groups in total. The highest BCUT2D eigenvalue weighted by Gasteiger charge is 2.17. The Balaban J connectivity index is 2.04. The Morgan fingerprint density at radius 1 is 1.32 bits per heavy atom. The van der Waals surface area contributed by atoms with Crippen molar-refractivity contribution >= 4 is 0 Å². The number of hydrogen-bond donors (Lipinski definition) is 1. The predicted octanol–water partition coefficient (Wildman–Crippen LogP) is 1.41. The lowest BCUT2D eigenvalue weighted by Gasteiger charge is -2.07. The molecule has 6 nitrogen and oxygen atoms in total. The maximum atomic E-state index is 5.70. The number of benzene rings is 1. The van der Waals surface area contributed by atoms with E-state index < -0.39 is 0 Å². The summed E-state index contributed by atoms with van der Waals surface area (Å²) in [6, 6.07) is 5.75. The minimum Gasteiger partial charge on any atom is -0.454 e. The zero-order valence-corrected chi connectivity index (χ0v) is 10.8. The summed E-state index contributed by atoms with van der Waals surface area (Å²) in [5, 5.41) is 8.33. The molecular weight excluding hydrogens is 244 g/mol. The second-order valence-electron chi connectivity index (χ2n) is 4.39. The molecule has 0 saturated heterocycles. The Morgan fingerprint density at radius 2 is 2.16 bits per heavy atom. The monoisotopic (exact) mass is 260 g/mol. The smallest absolute Gasteiger partial charge is 0.231 e. The molecule has 0 spiro atoms. The maximum Gasteiger partial charge on any atom is 0.231 e. The van der Waals surface area contributed by atoms with E-state index in [1.807, 2.05) is 22.9 Å². The van der Waals surface area contributed by atoms with Gasteiger partial charge in [-0.3, -0.25) is 0 Å². The lowest BCUT2D eigenvalue weighted by atomic mass is 10.2. The van der Waals surface area contributed by atoms with E-state index >= 15 is 0 Å². The first-order valence-electron chi connectivity index (χ1n) is 6.37. The van der Waals surface area contributed by atoms with Gasteiger partial charge in [-0.25, -0.2) is 4.68 Å². The summed E-state index contributed by atoms with van der Waals surface area (Å²) in [7, 11) is 0. The molecule has 1 aliphatic heterocycles. The second kappa shape index (κ2) is 4.89. The van der Waals surface area contributed by atoms with Crippen LogP contribution in [0.15, 0.2) is 18.2 Å². The largest absolute Gasteiger partial charge is 0.454 e. The summed E-state index contributed by atoms with van der Waals surface area (Å²) in [5.41, 5.74) is 8.52. The van der Waals surface area contributed by atoms with Crippen LogP contribution in [0.25, 0.3) is 5.69 Å². The van der Waals surface area contributed by atoms with Gasteiger partial charge in [-0.1, -0.05) is 18.6 Å². The van der Waals surface area contributed by atoms with Crippen molar-refractivity contribution in [3.63, 3.8) is 0 Å².